The second-order valence-corrected chi connectivity index (χ2v) is 2.51. The van der Waals surface area contributed by atoms with Crippen molar-refractivity contribution < 1.29 is 9.53 Å². The van der Waals surface area contributed by atoms with Gasteiger partial charge in [-0.3, -0.25) is 0 Å². The maximum absolute atomic E-state index is 10.7. The summed E-state index contributed by atoms with van der Waals surface area (Å²) in [4.78, 5) is 24.8. The number of carbonyl (C=O) groups is 1. The van der Waals surface area contributed by atoms with Gasteiger partial charge in [-0.05, 0) is 5.18 Å². The summed E-state index contributed by atoms with van der Waals surface area (Å²) in [5, 5.41) is 5.02. The fraction of sp³-hybridized carbons (Fsp3) is 0.429. The molecule has 0 unspecified atom stereocenters. The number of nitroso groups, excluding NO2 is 1. The van der Waals surface area contributed by atoms with Crippen molar-refractivity contribution in [3.63, 3.8) is 0 Å². The van der Waals surface area contributed by atoms with Crippen LogP contribution in [0.1, 0.15) is 5.82 Å². The first-order valence-corrected chi connectivity index (χ1v) is 3.87. The molecule has 1 aromatic heterocycles. The van der Waals surface area contributed by atoms with Gasteiger partial charge in [-0.2, -0.15) is 0 Å². The molecule has 1 rings (SSSR count). The van der Waals surface area contributed by atoms with Gasteiger partial charge in [0.2, 0.25) is 0 Å². The average molecular weight is 198 g/mol. The normalized spacial score (nSPS) is 9.57. The number of nitrogens with one attached hydrogen (secondary N) is 1. The van der Waals surface area contributed by atoms with Gasteiger partial charge in [0.1, 0.15) is 5.82 Å². The molecule has 1 amide bonds. The Morgan fingerprint density at radius 1 is 1.79 bits per heavy atom. The molecule has 0 aliphatic rings. The molecule has 76 valence electrons. The van der Waals surface area contributed by atoms with Crippen molar-refractivity contribution in [2.24, 2.45) is 12.2 Å². The quantitative estimate of drug-likeness (QED) is 0.723. The van der Waals surface area contributed by atoms with E-state index < -0.39 is 6.09 Å². The Morgan fingerprint density at radius 3 is 3.00 bits per heavy atom. The number of aromatic nitrogens is 2. The molecule has 7 nitrogen and oxygen atoms in total. The van der Waals surface area contributed by atoms with Crippen LogP contribution in [0.5, 0.6) is 0 Å². The highest BCUT2D eigenvalue weighted by atomic mass is 16.5. The van der Waals surface area contributed by atoms with Crippen LogP contribution in [0.15, 0.2) is 11.4 Å². The smallest absolute Gasteiger partial charge is 0.407 e. The summed E-state index contributed by atoms with van der Waals surface area (Å²) in [6.45, 7) is 0.00565. The Morgan fingerprint density at radius 2 is 2.50 bits per heavy atom. The van der Waals surface area contributed by atoms with Gasteiger partial charge in [0.25, 0.3) is 0 Å². The highest BCUT2D eigenvalue weighted by Crippen LogP contribution is 2.12. The Kier molecular flexibility index (Phi) is 3.16. The second kappa shape index (κ2) is 4.35. The SMILES string of the molecule is CNC(=O)OCc1ncc(N=O)n1C. The second-order valence-electron chi connectivity index (χ2n) is 2.51. The minimum atomic E-state index is -0.548. The molecule has 1 N–H and O–H groups in total. The predicted octanol–water partition coefficient (Wildman–Crippen LogP) is 0.674. The van der Waals surface area contributed by atoms with Crippen molar-refractivity contribution in [3.05, 3.63) is 16.9 Å². The molecule has 0 radical (unpaired) electrons. The summed E-state index contributed by atoms with van der Waals surface area (Å²) >= 11 is 0. The molecule has 0 aliphatic heterocycles. The molecule has 7 heteroatoms. The number of amides is 1. The third-order valence-electron chi connectivity index (χ3n) is 1.69. The molecule has 0 aromatic carbocycles. The zero-order valence-electron chi connectivity index (χ0n) is 7.85. The summed E-state index contributed by atoms with van der Waals surface area (Å²) in [7, 11) is 3.07. The van der Waals surface area contributed by atoms with E-state index in [9.17, 15) is 9.70 Å². The van der Waals surface area contributed by atoms with Crippen LogP contribution in [0.25, 0.3) is 0 Å². The third-order valence-corrected chi connectivity index (χ3v) is 1.69. The largest absolute Gasteiger partial charge is 0.441 e. The number of ether oxygens (including phenoxy) is 1. The molecule has 1 heterocycles. The fourth-order valence-electron chi connectivity index (χ4n) is 0.859. The van der Waals surface area contributed by atoms with E-state index in [0.717, 1.165) is 0 Å². The van der Waals surface area contributed by atoms with Gasteiger partial charge in [0.05, 0.1) is 6.20 Å². The highest BCUT2D eigenvalue weighted by Gasteiger charge is 2.08. The van der Waals surface area contributed by atoms with Gasteiger partial charge < -0.3 is 14.6 Å². The molecule has 1 aromatic rings. The van der Waals surface area contributed by atoms with E-state index in [1.54, 1.807) is 7.05 Å². The first-order valence-electron chi connectivity index (χ1n) is 3.87. The van der Waals surface area contributed by atoms with Crippen LogP contribution in [0.4, 0.5) is 10.6 Å². The van der Waals surface area contributed by atoms with Crippen molar-refractivity contribution in [1.82, 2.24) is 14.9 Å². The summed E-state index contributed by atoms with van der Waals surface area (Å²) in [5.74, 6) is 0.656. The number of hydrogen-bond donors (Lipinski definition) is 1. The lowest BCUT2D eigenvalue weighted by molar-refractivity contribution is 0.138. The number of rotatable bonds is 3. The molecule has 0 bridgehead atoms. The molecular weight excluding hydrogens is 188 g/mol. The van der Waals surface area contributed by atoms with Crippen LogP contribution >= 0.6 is 0 Å². The molecule has 0 saturated carbocycles. The number of hydrogen-bond acceptors (Lipinski definition) is 5. The number of imidazole rings is 1. The third kappa shape index (κ3) is 2.06. The van der Waals surface area contributed by atoms with Gasteiger partial charge >= 0.3 is 6.09 Å². The van der Waals surface area contributed by atoms with Gasteiger partial charge in [0.15, 0.2) is 12.4 Å². The molecule has 0 aliphatic carbocycles. The van der Waals surface area contributed by atoms with E-state index in [0.29, 0.717) is 5.82 Å². The summed E-state index contributed by atoms with van der Waals surface area (Å²) in [5.41, 5.74) is 0. The Bertz CT molecular complexity index is 347. The Balaban J connectivity index is 2.63. The zero-order chi connectivity index (χ0) is 10.6. The Hall–Kier alpha value is -1.92. The van der Waals surface area contributed by atoms with Gasteiger partial charge in [-0.25, -0.2) is 9.78 Å². The molecule has 0 spiro atoms. The summed E-state index contributed by atoms with van der Waals surface area (Å²) in [6, 6.07) is 0. The predicted molar refractivity (Wildman–Crippen MR) is 47.9 cm³/mol. The lowest BCUT2D eigenvalue weighted by Crippen LogP contribution is -2.19. The van der Waals surface area contributed by atoms with E-state index >= 15 is 0 Å². The van der Waals surface area contributed by atoms with Crippen molar-refractivity contribution in [2.75, 3.05) is 7.05 Å². The monoisotopic (exact) mass is 198 g/mol. The van der Waals surface area contributed by atoms with E-state index in [4.69, 9.17) is 4.74 Å². The van der Waals surface area contributed by atoms with Crippen LogP contribution < -0.4 is 5.32 Å². The lowest BCUT2D eigenvalue weighted by atomic mass is 10.6. The summed E-state index contributed by atoms with van der Waals surface area (Å²) in [6.07, 6.45) is 0.767. The van der Waals surface area contributed by atoms with Gasteiger partial charge in [-0.15, -0.1) is 4.91 Å². The van der Waals surface area contributed by atoms with Crippen LogP contribution in [0.2, 0.25) is 0 Å². The molecular formula is C7H10N4O3. The van der Waals surface area contributed by atoms with Gasteiger partial charge in [0, 0.05) is 14.1 Å². The number of nitrogens with zero attached hydrogens (tertiary/aromatic N) is 3. The topological polar surface area (TPSA) is 85.6 Å². The maximum Gasteiger partial charge on any atom is 0.407 e. The Labute approximate surface area is 80.0 Å². The zero-order valence-corrected chi connectivity index (χ0v) is 7.85. The molecule has 0 fully saturated rings. The highest BCUT2D eigenvalue weighted by molar-refractivity contribution is 5.66. The van der Waals surface area contributed by atoms with Crippen molar-refractivity contribution in [1.29, 1.82) is 0 Å². The lowest BCUT2D eigenvalue weighted by Gasteiger charge is -2.03. The van der Waals surface area contributed by atoms with Crippen LogP contribution in [-0.2, 0) is 18.4 Å². The minimum Gasteiger partial charge on any atom is -0.441 e. The molecule has 0 atom stereocenters. The van der Waals surface area contributed by atoms with Crippen molar-refractivity contribution >= 4 is 11.9 Å². The maximum atomic E-state index is 10.7. The minimum absolute atomic E-state index is 0.00565. The van der Waals surface area contributed by atoms with Crippen molar-refractivity contribution in [3.8, 4) is 0 Å². The first-order chi connectivity index (χ1) is 6.69. The van der Waals surface area contributed by atoms with Crippen LogP contribution in [0, 0.1) is 4.91 Å². The van der Waals surface area contributed by atoms with Crippen LogP contribution in [-0.4, -0.2) is 22.7 Å². The summed E-state index contributed by atoms with van der Waals surface area (Å²) < 4.78 is 6.19. The molecule has 0 saturated heterocycles. The van der Waals surface area contributed by atoms with Gasteiger partial charge in [-0.1, -0.05) is 0 Å². The van der Waals surface area contributed by atoms with E-state index in [-0.39, 0.29) is 12.4 Å². The van der Waals surface area contributed by atoms with E-state index in [1.807, 2.05) is 0 Å². The fourth-order valence-corrected chi connectivity index (χ4v) is 0.859. The average Bonchev–Trinajstić information content (AvgIpc) is 2.56. The van der Waals surface area contributed by atoms with Crippen LogP contribution in [0.3, 0.4) is 0 Å². The number of carbonyl (C=O) groups excluding carboxylic acids is 1. The molecule has 14 heavy (non-hydrogen) atoms. The first kappa shape index (κ1) is 10.2. The van der Waals surface area contributed by atoms with Crippen molar-refractivity contribution in [2.45, 2.75) is 6.61 Å². The van der Waals surface area contributed by atoms with E-state index in [2.05, 4.69) is 15.5 Å². The van der Waals surface area contributed by atoms with E-state index in [1.165, 1.54) is 17.8 Å². The standard InChI is InChI=1S/C7H10N4O3/c1-8-7(12)14-4-6-9-3-5(10-13)11(6)2/h3H,4H2,1-2H3,(H,8,12). The number of alkyl carbamates (subject to hydrolysis) is 1.